The smallest absolute Gasteiger partial charge is 0.251 e. The molecule has 2 nitrogen and oxygen atoms in total. The van der Waals surface area contributed by atoms with Crippen molar-refractivity contribution in [1.82, 2.24) is 10.2 Å². The lowest BCUT2D eigenvalue weighted by molar-refractivity contribution is 0.0920. The zero-order valence-electron chi connectivity index (χ0n) is 8.81. The maximum atomic E-state index is 12.1. The first-order chi connectivity index (χ1) is 6.68. The van der Waals surface area contributed by atoms with E-state index in [0.29, 0.717) is 5.92 Å². The van der Waals surface area contributed by atoms with Gasteiger partial charge < -0.3 is 10.2 Å². The van der Waals surface area contributed by atoms with Crippen LogP contribution >= 0.6 is 0 Å². The van der Waals surface area contributed by atoms with E-state index in [2.05, 4.69) is 5.32 Å². The third-order valence-corrected chi connectivity index (χ3v) is 2.71. The molecule has 0 amide bonds. The Morgan fingerprint density at radius 1 is 1.36 bits per heavy atom. The van der Waals surface area contributed by atoms with Crippen molar-refractivity contribution in [3.05, 3.63) is 0 Å². The fourth-order valence-corrected chi connectivity index (χ4v) is 2.02. The molecule has 14 heavy (non-hydrogen) atoms. The largest absolute Gasteiger partial charge is 0.317 e. The number of alkyl halides is 2. The van der Waals surface area contributed by atoms with Crippen molar-refractivity contribution < 1.29 is 8.78 Å². The molecule has 0 spiro atoms. The third kappa shape index (κ3) is 4.86. The van der Waals surface area contributed by atoms with E-state index in [1.807, 2.05) is 0 Å². The molecular formula is C10H20F2N2. The normalized spacial score (nSPS) is 24.2. The predicted octanol–water partition coefficient (Wildman–Crippen LogP) is 1.57. The molecule has 84 valence electrons. The Labute approximate surface area is 84.7 Å². The highest BCUT2D eigenvalue weighted by Gasteiger charge is 2.15. The lowest BCUT2D eigenvalue weighted by atomic mass is 10.0. The SMILES string of the molecule is CN(CC(F)F)CC1CCCNCC1. The van der Waals surface area contributed by atoms with Crippen LogP contribution in [0.5, 0.6) is 0 Å². The molecule has 1 unspecified atom stereocenters. The first kappa shape index (κ1) is 11.9. The Kier molecular flexibility index (Phi) is 5.33. The van der Waals surface area contributed by atoms with Crippen LogP contribution in [-0.4, -0.2) is 44.6 Å². The summed E-state index contributed by atoms with van der Waals surface area (Å²) in [5, 5.41) is 3.32. The summed E-state index contributed by atoms with van der Waals surface area (Å²) in [7, 11) is 1.78. The molecule has 1 fully saturated rings. The van der Waals surface area contributed by atoms with Crippen LogP contribution in [0.3, 0.4) is 0 Å². The van der Waals surface area contributed by atoms with E-state index < -0.39 is 6.43 Å². The van der Waals surface area contributed by atoms with Crippen LogP contribution in [0.4, 0.5) is 8.78 Å². The Hall–Kier alpha value is -0.220. The third-order valence-electron chi connectivity index (χ3n) is 2.71. The summed E-state index contributed by atoms with van der Waals surface area (Å²) < 4.78 is 24.1. The zero-order chi connectivity index (χ0) is 10.4. The molecular weight excluding hydrogens is 186 g/mol. The van der Waals surface area contributed by atoms with Crippen LogP contribution in [-0.2, 0) is 0 Å². The lowest BCUT2D eigenvalue weighted by Gasteiger charge is -2.22. The second-order valence-corrected chi connectivity index (χ2v) is 4.16. The summed E-state index contributed by atoms with van der Waals surface area (Å²) in [6, 6.07) is 0. The van der Waals surface area contributed by atoms with Crippen molar-refractivity contribution >= 4 is 0 Å². The van der Waals surface area contributed by atoms with E-state index in [1.165, 1.54) is 12.8 Å². The summed E-state index contributed by atoms with van der Waals surface area (Å²) in [6.07, 6.45) is 1.25. The van der Waals surface area contributed by atoms with E-state index in [-0.39, 0.29) is 6.54 Å². The van der Waals surface area contributed by atoms with Crippen molar-refractivity contribution in [2.24, 2.45) is 5.92 Å². The average Bonchev–Trinajstić information content (AvgIpc) is 2.31. The van der Waals surface area contributed by atoms with Gasteiger partial charge in [0, 0.05) is 6.54 Å². The van der Waals surface area contributed by atoms with Gasteiger partial charge in [0.05, 0.1) is 6.54 Å². The lowest BCUT2D eigenvalue weighted by Crippen LogP contribution is -2.30. The van der Waals surface area contributed by atoms with E-state index in [9.17, 15) is 8.78 Å². The number of hydrogen-bond acceptors (Lipinski definition) is 2. The highest BCUT2D eigenvalue weighted by Crippen LogP contribution is 2.14. The second-order valence-electron chi connectivity index (χ2n) is 4.16. The molecule has 0 bridgehead atoms. The molecule has 0 aromatic rings. The molecule has 1 rings (SSSR count). The molecule has 0 aliphatic carbocycles. The van der Waals surface area contributed by atoms with Gasteiger partial charge in [-0.15, -0.1) is 0 Å². The van der Waals surface area contributed by atoms with Gasteiger partial charge in [-0.05, 0) is 45.3 Å². The molecule has 0 aromatic heterocycles. The molecule has 0 radical (unpaired) electrons. The zero-order valence-corrected chi connectivity index (χ0v) is 8.81. The Bertz CT molecular complexity index is 145. The summed E-state index contributed by atoms with van der Waals surface area (Å²) in [4.78, 5) is 1.75. The van der Waals surface area contributed by atoms with Gasteiger partial charge in [0.2, 0.25) is 0 Å². The molecule has 1 aliphatic rings. The first-order valence-electron chi connectivity index (χ1n) is 5.36. The number of hydrogen-bond donors (Lipinski definition) is 1. The van der Waals surface area contributed by atoms with Crippen LogP contribution in [0, 0.1) is 5.92 Å². The number of nitrogens with zero attached hydrogens (tertiary/aromatic N) is 1. The number of rotatable bonds is 4. The van der Waals surface area contributed by atoms with Gasteiger partial charge in [-0.1, -0.05) is 0 Å². The summed E-state index contributed by atoms with van der Waals surface area (Å²) >= 11 is 0. The van der Waals surface area contributed by atoms with Crippen LogP contribution in [0.2, 0.25) is 0 Å². The van der Waals surface area contributed by atoms with Crippen molar-refractivity contribution in [2.75, 3.05) is 33.2 Å². The minimum atomic E-state index is -2.20. The van der Waals surface area contributed by atoms with Gasteiger partial charge in [-0.2, -0.15) is 0 Å². The highest BCUT2D eigenvalue weighted by molar-refractivity contribution is 4.69. The van der Waals surface area contributed by atoms with Gasteiger partial charge in [0.1, 0.15) is 0 Å². The Balaban J connectivity index is 2.20. The Morgan fingerprint density at radius 3 is 2.86 bits per heavy atom. The van der Waals surface area contributed by atoms with E-state index in [0.717, 1.165) is 26.1 Å². The second kappa shape index (κ2) is 6.30. The highest BCUT2D eigenvalue weighted by atomic mass is 19.3. The molecule has 0 saturated carbocycles. The fourth-order valence-electron chi connectivity index (χ4n) is 2.02. The summed E-state index contributed by atoms with van der Waals surface area (Å²) in [6.45, 7) is 2.83. The average molecular weight is 206 g/mol. The van der Waals surface area contributed by atoms with E-state index >= 15 is 0 Å². The minimum Gasteiger partial charge on any atom is -0.317 e. The van der Waals surface area contributed by atoms with E-state index in [1.54, 1.807) is 11.9 Å². The van der Waals surface area contributed by atoms with E-state index in [4.69, 9.17) is 0 Å². The van der Waals surface area contributed by atoms with Crippen molar-refractivity contribution in [3.8, 4) is 0 Å². The van der Waals surface area contributed by atoms with Crippen molar-refractivity contribution in [3.63, 3.8) is 0 Å². The monoisotopic (exact) mass is 206 g/mol. The van der Waals surface area contributed by atoms with Gasteiger partial charge in [0.25, 0.3) is 6.43 Å². The maximum Gasteiger partial charge on any atom is 0.251 e. The summed E-state index contributed by atoms with van der Waals surface area (Å²) in [5.74, 6) is 0.591. The molecule has 1 saturated heterocycles. The minimum absolute atomic E-state index is 0.0933. The molecule has 4 heteroatoms. The van der Waals surface area contributed by atoms with Gasteiger partial charge in [0.15, 0.2) is 0 Å². The molecule has 1 atom stereocenters. The van der Waals surface area contributed by atoms with Gasteiger partial charge in [-0.3, -0.25) is 0 Å². The number of halogens is 2. The van der Waals surface area contributed by atoms with Crippen LogP contribution < -0.4 is 5.32 Å². The van der Waals surface area contributed by atoms with Crippen LogP contribution in [0.15, 0.2) is 0 Å². The van der Waals surface area contributed by atoms with Crippen molar-refractivity contribution in [2.45, 2.75) is 25.7 Å². The first-order valence-corrected chi connectivity index (χ1v) is 5.36. The molecule has 1 heterocycles. The Morgan fingerprint density at radius 2 is 2.14 bits per heavy atom. The molecule has 0 aromatic carbocycles. The van der Waals surface area contributed by atoms with Crippen molar-refractivity contribution in [1.29, 1.82) is 0 Å². The molecule has 1 aliphatic heterocycles. The topological polar surface area (TPSA) is 15.3 Å². The molecule has 1 N–H and O–H groups in total. The van der Waals surface area contributed by atoms with Gasteiger partial charge >= 0.3 is 0 Å². The van der Waals surface area contributed by atoms with Crippen LogP contribution in [0.1, 0.15) is 19.3 Å². The number of nitrogens with one attached hydrogen (secondary N) is 1. The quantitative estimate of drug-likeness (QED) is 0.751. The maximum absolute atomic E-state index is 12.1. The predicted molar refractivity (Wildman–Crippen MR) is 53.7 cm³/mol. The standard InChI is InChI=1S/C10H20F2N2/c1-14(8-10(11)12)7-9-3-2-5-13-6-4-9/h9-10,13H,2-8H2,1H3. The summed E-state index contributed by atoms with van der Waals surface area (Å²) in [5.41, 5.74) is 0. The fraction of sp³-hybridized carbons (Fsp3) is 1.00. The van der Waals surface area contributed by atoms with Crippen LogP contribution in [0.25, 0.3) is 0 Å². The van der Waals surface area contributed by atoms with Gasteiger partial charge in [-0.25, -0.2) is 8.78 Å².